The van der Waals surface area contributed by atoms with Gasteiger partial charge in [0.2, 0.25) is 11.8 Å². The Kier molecular flexibility index (Phi) is 3.75. The number of aromatic nitrogens is 1. The molecule has 1 saturated heterocycles. The van der Waals surface area contributed by atoms with Crippen LogP contribution in [0.2, 0.25) is 0 Å². The average Bonchev–Trinajstić information content (AvgIpc) is 3.12. The predicted octanol–water partition coefficient (Wildman–Crippen LogP) is 2.51. The Bertz CT molecular complexity index is 657. The number of hydrogen-bond acceptors (Lipinski definition) is 4. The van der Waals surface area contributed by atoms with Crippen LogP contribution in [0.1, 0.15) is 17.7 Å². The van der Waals surface area contributed by atoms with E-state index in [-0.39, 0.29) is 11.8 Å². The van der Waals surface area contributed by atoms with Gasteiger partial charge in [0.05, 0.1) is 11.6 Å². The van der Waals surface area contributed by atoms with Crippen LogP contribution in [-0.4, -0.2) is 24.0 Å². The van der Waals surface area contributed by atoms with Crippen LogP contribution in [0.5, 0.6) is 0 Å². The predicted molar refractivity (Wildman–Crippen MR) is 81.0 cm³/mol. The lowest BCUT2D eigenvalue weighted by molar-refractivity contribution is -0.119. The maximum absolute atomic E-state index is 12.2. The molecule has 1 aliphatic heterocycles. The van der Waals surface area contributed by atoms with Crippen LogP contribution < -0.4 is 10.6 Å². The largest absolute Gasteiger partial charge is 0.444 e. The number of carbonyl (C=O) groups is 1. The van der Waals surface area contributed by atoms with Crippen molar-refractivity contribution < 1.29 is 9.21 Å². The molecule has 2 N–H and O–H groups in total. The summed E-state index contributed by atoms with van der Waals surface area (Å²) in [7, 11) is 0. The zero-order valence-electron chi connectivity index (χ0n) is 12.3. The molecule has 2 heterocycles. The highest BCUT2D eigenvalue weighted by Crippen LogP contribution is 2.25. The number of anilines is 1. The zero-order chi connectivity index (χ0) is 14.8. The molecule has 3 rings (SSSR count). The molecule has 5 nitrogen and oxygen atoms in total. The van der Waals surface area contributed by atoms with E-state index in [0.717, 1.165) is 42.0 Å². The standard InChI is InChI=1S/C16H19N3O2/c1-10-3-4-12(16-18-11(2)9-21-16)7-14(10)19-15(20)13-5-6-17-8-13/h3-4,7,9,13,17H,5-6,8H2,1-2H3,(H,19,20). The second kappa shape index (κ2) is 5.69. The quantitative estimate of drug-likeness (QED) is 0.909. The van der Waals surface area contributed by atoms with Gasteiger partial charge in [-0.2, -0.15) is 0 Å². The number of aryl methyl sites for hydroxylation is 2. The van der Waals surface area contributed by atoms with Gasteiger partial charge in [-0.25, -0.2) is 4.98 Å². The summed E-state index contributed by atoms with van der Waals surface area (Å²) < 4.78 is 5.42. The third-order valence-corrected chi connectivity index (χ3v) is 3.79. The molecule has 0 radical (unpaired) electrons. The van der Waals surface area contributed by atoms with Gasteiger partial charge in [0.25, 0.3) is 0 Å². The van der Waals surface area contributed by atoms with E-state index in [1.807, 2.05) is 32.0 Å². The molecular weight excluding hydrogens is 266 g/mol. The minimum atomic E-state index is 0.0528. The first kappa shape index (κ1) is 13.8. The molecule has 1 unspecified atom stereocenters. The van der Waals surface area contributed by atoms with Crippen molar-refractivity contribution in [2.45, 2.75) is 20.3 Å². The molecule has 0 saturated carbocycles. The molecule has 1 aliphatic rings. The summed E-state index contributed by atoms with van der Waals surface area (Å²) in [5.74, 6) is 0.700. The lowest BCUT2D eigenvalue weighted by atomic mass is 10.1. The first-order valence-electron chi connectivity index (χ1n) is 7.18. The zero-order valence-corrected chi connectivity index (χ0v) is 12.3. The SMILES string of the molecule is Cc1coc(-c2ccc(C)c(NC(=O)C3CCNC3)c2)n1. The number of rotatable bonds is 3. The lowest BCUT2D eigenvalue weighted by Crippen LogP contribution is -2.24. The normalized spacial score (nSPS) is 17.9. The van der Waals surface area contributed by atoms with Crippen molar-refractivity contribution in [2.24, 2.45) is 5.92 Å². The van der Waals surface area contributed by atoms with E-state index in [4.69, 9.17) is 4.42 Å². The van der Waals surface area contributed by atoms with Gasteiger partial charge in [0.15, 0.2) is 0 Å². The lowest BCUT2D eigenvalue weighted by Gasteiger charge is -2.12. The second-order valence-electron chi connectivity index (χ2n) is 5.50. The van der Waals surface area contributed by atoms with Crippen molar-refractivity contribution in [1.29, 1.82) is 0 Å². The second-order valence-corrected chi connectivity index (χ2v) is 5.50. The highest BCUT2D eigenvalue weighted by Gasteiger charge is 2.22. The molecule has 21 heavy (non-hydrogen) atoms. The molecule has 1 aromatic heterocycles. The molecule has 1 aromatic carbocycles. The van der Waals surface area contributed by atoms with Gasteiger partial charge in [-0.3, -0.25) is 4.79 Å². The third-order valence-electron chi connectivity index (χ3n) is 3.79. The Balaban J connectivity index is 1.82. The van der Waals surface area contributed by atoms with Gasteiger partial charge in [0, 0.05) is 17.8 Å². The molecule has 1 atom stereocenters. The van der Waals surface area contributed by atoms with Gasteiger partial charge in [-0.05, 0) is 44.5 Å². The van der Waals surface area contributed by atoms with Crippen molar-refractivity contribution in [3.8, 4) is 11.5 Å². The van der Waals surface area contributed by atoms with E-state index in [0.29, 0.717) is 5.89 Å². The maximum atomic E-state index is 12.2. The van der Waals surface area contributed by atoms with Crippen LogP contribution in [0.25, 0.3) is 11.5 Å². The van der Waals surface area contributed by atoms with Crippen LogP contribution in [0.3, 0.4) is 0 Å². The molecular formula is C16H19N3O2. The summed E-state index contributed by atoms with van der Waals surface area (Å²) in [6.07, 6.45) is 2.52. The fourth-order valence-corrected chi connectivity index (χ4v) is 2.49. The number of amides is 1. The number of hydrogen-bond donors (Lipinski definition) is 2. The van der Waals surface area contributed by atoms with Crippen LogP contribution >= 0.6 is 0 Å². The van der Waals surface area contributed by atoms with Crippen molar-refractivity contribution in [3.63, 3.8) is 0 Å². The summed E-state index contributed by atoms with van der Waals surface area (Å²) >= 11 is 0. The van der Waals surface area contributed by atoms with E-state index in [9.17, 15) is 4.79 Å². The van der Waals surface area contributed by atoms with Gasteiger partial charge in [-0.1, -0.05) is 6.07 Å². The highest BCUT2D eigenvalue weighted by atomic mass is 16.3. The van der Waals surface area contributed by atoms with Crippen LogP contribution in [0.4, 0.5) is 5.69 Å². The molecule has 0 spiro atoms. The maximum Gasteiger partial charge on any atom is 0.228 e. The first-order valence-corrected chi connectivity index (χ1v) is 7.18. The van der Waals surface area contributed by atoms with Crippen molar-refractivity contribution in [3.05, 3.63) is 35.7 Å². The summed E-state index contributed by atoms with van der Waals surface area (Å²) in [6, 6.07) is 5.84. The fourth-order valence-electron chi connectivity index (χ4n) is 2.49. The van der Waals surface area contributed by atoms with E-state index in [1.165, 1.54) is 0 Å². The first-order chi connectivity index (χ1) is 10.1. The summed E-state index contributed by atoms with van der Waals surface area (Å²) in [5.41, 5.74) is 3.56. The highest BCUT2D eigenvalue weighted by molar-refractivity contribution is 5.94. The molecule has 110 valence electrons. The van der Waals surface area contributed by atoms with Gasteiger partial charge < -0.3 is 15.1 Å². The number of nitrogens with zero attached hydrogens (tertiary/aromatic N) is 1. The average molecular weight is 285 g/mol. The molecule has 2 aromatic rings. The topological polar surface area (TPSA) is 67.2 Å². The fraction of sp³-hybridized carbons (Fsp3) is 0.375. The van der Waals surface area contributed by atoms with E-state index in [2.05, 4.69) is 15.6 Å². The smallest absolute Gasteiger partial charge is 0.228 e. The number of benzene rings is 1. The summed E-state index contributed by atoms with van der Waals surface area (Å²) in [4.78, 5) is 16.5. The Morgan fingerprint density at radius 3 is 2.95 bits per heavy atom. The molecule has 0 bridgehead atoms. The van der Waals surface area contributed by atoms with Gasteiger partial charge >= 0.3 is 0 Å². The van der Waals surface area contributed by atoms with Crippen LogP contribution in [0, 0.1) is 19.8 Å². The molecule has 1 amide bonds. The molecule has 5 heteroatoms. The third kappa shape index (κ3) is 2.97. The molecule has 0 aliphatic carbocycles. The Labute approximate surface area is 123 Å². The minimum Gasteiger partial charge on any atom is -0.444 e. The van der Waals surface area contributed by atoms with Gasteiger partial charge in [-0.15, -0.1) is 0 Å². The Morgan fingerprint density at radius 2 is 2.29 bits per heavy atom. The number of oxazole rings is 1. The monoisotopic (exact) mass is 285 g/mol. The van der Waals surface area contributed by atoms with Crippen LogP contribution in [0.15, 0.2) is 28.9 Å². The summed E-state index contributed by atoms with van der Waals surface area (Å²) in [5, 5.41) is 6.23. The minimum absolute atomic E-state index is 0.0528. The van der Waals surface area contributed by atoms with Crippen molar-refractivity contribution >= 4 is 11.6 Å². The number of carbonyl (C=O) groups excluding carboxylic acids is 1. The molecule has 1 fully saturated rings. The Morgan fingerprint density at radius 1 is 1.43 bits per heavy atom. The van der Waals surface area contributed by atoms with Crippen molar-refractivity contribution in [1.82, 2.24) is 10.3 Å². The summed E-state index contributed by atoms with van der Waals surface area (Å²) in [6.45, 7) is 5.53. The van der Waals surface area contributed by atoms with E-state index >= 15 is 0 Å². The van der Waals surface area contributed by atoms with Crippen molar-refractivity contribution in [2.75, 3.05) is 18.4 Å². The number of nitrogens with one attached hydrogen (secondary N) is 2. The van der Waals surface area contributed by atoms with Crippen LogP contribution in [-0.2, 0) is 4.79 Å². The van der Waals surface area contributed by atoms with Gasteiger partial charge in [0.1, 0.15) is 6.26 Å². The van der Waals surface area contributed by atoms with E-state index in [1.54, 1.807) is 6.26 Å². The Hall–Kier alpha value is -2.14. The van der Waals surface area contributed by atoms with E-state index < -0.39 is 0 Å².